The molecule has 3 rings (SSSR count). The average Bonchev–Trinajstić information content (AvgIpc) is 3.28. The maximum Gasteiger partial charge on any atom is 0.308 e. The lowest BCUT2D eigenvalue weighted by Gasteiger charge is -2.35. The highest BCUT2D eigenvalue weighted by atomic mass is 32.1. The second-order valence-electron chi connectivity index (χ2n) is 9.51. The van der Waals surface area contributed by atoms with Gasteiger partial charge in [0.1, 0.15) is 0 Å². The third-order valence-corrected chi connectivity index (χ3v) is 9.42. The number of unbranched alkanes of at least 4 members (excludes halogenated alkanes) is 1. The normalized spacial score (nSPS) is 13.5. The molecule has 4 nitrogen and oxygen atoms in total. The molecule has 0 aliphatic rings. The molecule has 2 aromatic carbocycles. The maximum atomic E-state index is 15.1. The number of aryl methyl sites for hydroxylation is 4. The van der Waals surface area contributed by atoms with Crippen molar-refractivity contribution in [2.45, 2.75) is 66.3 Å². The standard InChI is InChI=1S/C28H36NO3PS/c1-7-8-10-32-27(30)18-28(6,24-9-11-34-19-24)29-33(31,25-14-20(2)12-21(3)15-25)26-16-22(4)13-23(5)17-26/h9,11-17,19H,7-8,10,18H2,1-6H3,(H,29,31)/t28-/m0/s1. The molecular formula is C28H36NO3PS. The molecule has 0 fully saturated rings. The van der Waals surface area contributed by atoms with Gasteiger partial charge in [-0.25, -0.2) is 5.09 Å². The lowest BCUT2D eigenvalue weighted by atomic mass is 9.92. The van der Waals surface area contributed by atoms with Crippen molar-refractivity contribution < 1.29 is 14.1 Å². The molecule has 0 aliphatic carbocycles. The lowest BCUT2D eigenvalue weighted by Crippen LogP contribution is -2.44. The summed E-state index contributed by atoms with van der Waals surface area (Å²) in [5.41, 5.74) is 4.28. The molecule has 0 bridgehead atoms. The van der Waals surface area contributed by atoms with E-state index in [0.717, 1.165) is 51.3 Å². The van der Waals surface area contributed by atoms with Crippen molar-refractivity contribution in [1.82, 2.24) is 5.09 Å². The molecular weight excluding hydrogens is 461 g/mol. The van der Waals surface area contributed by atoms with Crippen molar-refractivity contribution in [3.63, 3.8) is 0 Å². The van der Waals surface area contributed by atoms with Gasteiger partial charge >= 0.3 is 5.97 Å². The Hall–Kier alpha value is -2.20. The van der Waals surface area contributed by atoms with Crippen molar-refractivity contribution in [2.75, 3.05) is 6.61 Å². The maximum absolute atomic E-state index is 15.1. The van der Waals surface area contributed by atoms with Crippen LogP contribution in [-0.4, -0.2) is 12.6 Å². The molecule has 0 spiro atoms. The molecule has 0 unspecified atom stereocenters. The van der Waals surface area contributed by atoms with E-state index in [0.29, 0.717) is 6.61 Å². The molecule has 1 N–H and O–H groups in total. The lowest BCUT2D eigenvalue weighted by molar-refractivity contribution is -0.145. The molecule has 0 aliphatic heterocycles. The SMILES string of the molecule is CCCCOC(=O)C[C@](C)(NP(=O)(c1cc(C)cc(C)c1)c1cc(C)cc(C)c1)c1ccsc1. The van der Waals surface area contributed by atoms with Crippen molar-refractivity contribution in [2.24, 2.45) is 0 Å². The minimum absolute atomic E-state index is 0.0903. The van der Waals surface area contributed by atoms with Gasteiger partial charge < -0.3 is 4.74 Å². The zero-order chi connectivity index (χ0) is 24.9. The number of esters is 1. The van der Waals surface area contributed by atoms with Crippen molar-refractivity contribution in [3.05, 3.63) is 81.0 Å². The van der Waals surface area contributed by atoms with Gasteiger partial charge in [-0.2, -0.15) is 11.3 Å². The Kier molecular flexibility index (Phi) is 8.57. The highest BCUT2D eigenvalue weighted by molar-refractivity contribution is 7.77. The third-order valence-electron chi connectivity index (χ3n) is 5.96. The van der Waals surface area contributed by atoms with Gasteiger partial charge in [0, 0.05) is 10.6 Å². The van der Waals surface area contributed by atoms with Crippen LogP contribution in [0.1, 0.15) is 60.9 Å². The van der Waals surface area contributed by atoms with E-state index < -0.39 is 12.8 Å². The van der Waals surface area contributed by atoms with Gasteiger partial charge in [-0.3, -0.25) is 9.36 Å². The van der Waals surface area contributed by atoms with Crippen molar-refractivity contribution in [3.8, 4) is 0 Å². The van der Waals surface area contributed by atoms with E-state index in [1.807, 2.05) is 75.7 Å². The number of carbonyl (C=O) groups excluding carboxylic acids is 1. The second kappa shape index (κ2) is 11.0. The van der Waals surface area contributed by atoms with Crippen LogP contribution in [-0.2, 0) is 19.6 Å². The molecule has 1 aromatic heterocycles. The van der Waals surface area contributed by atoms with E-state index in [2.05, 4.69) is 24.1 Å². The summed E-state index contributed by atoms with van der Waals surface area (Å²) in [6.07, 6.45) is 1.88. The fourth-order valence-corrected chi connectivity index (χ4v) is 8.14. The van der Waals surface area contributed by atoms with Gasteiger partial charge in [0.05, 0.1) is 18.6 Å². The number of ether oxygens (including phenoxy) is 1. The van der Waals surface area contributed by atoms with Crippen molar-refractivity contribution >= 4 is 35.2 Å². The van der Waals surface area contributed by atoms with E-state index in [4.69, 9.17) is 4.74 Å². The Labute approximate surface area is 208 Å². The summed E-state index contributed by atoms with van der Waals surface area (Å²) in [5.74, 6) is -0.290. The molecule has 1 heterocycles. The van der Waals surface area contributed by atoms with Crippen LogP contribution < -0.4 is 15.7 Å². The van der Waals surface area contributed by atoms with E-state index in [1.54, 1.807) is 11.3 Å². The molecule has 0 saturated heterocycles. The van der Waals surface area contributed by atoms with Crippen LogP contribution in [0.4, 0.5) is 0 Å². The fourth-order valence-electron chi connectivity index (χ4n) is 4.35. The average molecular weight is 498 g/mol. The van der Waals surface area contributed by atoms with Crippen LogP contribution in [0.5, 0.6) is 0 Å². The van der Waals surface area contributed by atoms with Gasteiger partial charge in [-0.05, 0) is 87.7 Å². The summed E-state index contributed by atoms with van der Waals surface area (Å²) in [7, 11) is -3.34. The van der Waals surface area contributed by atoms with E-state index in [1.165, 1.54) is 0 Å². The number of benzene rings is 2. The van der Waals surface area contributed by atoms with Crippen LogP contribution >= 0.6 is 18.6 Å². The number of nitrogens with one attached hydrogen (secondary N) is 1. The Balaban J connectivity index is 2.13. The number of rotatable bonds is 10. The molecule has 34 heavy (non-hydrogen) atoms. The molecule has 0 amide bonds. The smallest absolute Gasteiger partial charge is 0.308 e. The highest BCUT2D eigenvalue weighted by Gasteiger charge is 2.40. The second-order valence-corrected chi connectivity index (χ2v) is 12.8. The van der Waals surface area contributed by atoms with Gasteiger partial charge in [-0.15, -0.1) is 0 Å². The zero-order valence-electron chi connectivity index (χ0n) is 21.1. The number of hydrogen-bond donors (Lipinski definition) is 1. The Morgan fingerprint density at radius 2 is 1.50 bits per heavy atom. The largest absolute Gasteiger partial charge is 0.466 e. The van der Waals surface area contributed by atoms with Gasteiger partial charge in [0.25, 0.3) is 0 Å². The molecule has 1 atom stereocenters. The van der Waals surface area contributed by atoms with Crippen LogP contribution in [0.2, 0.25) is 0 Å². The minimum Gasteiger partial charge on any atom is -0.466 e. The van der Waals surface area contributed by atoms with Crippen LogP contribution in [0.25, 0.3) is 0 Å². The minimum atomic E-state index is -3.34. The highest BCUT2D eigenvalue weighted by Crippen LogP contribution is 2.46. The first-order valence-corrected chi connectivity index (χ1v) is 14.5. The number of thiophene rings is 1. The number of hydrogen-bond acceptors (Lipinski definition) is 4. The quantitative estimate of drug-likeness (QED) is 0.199. The Bertz CT molecular complexity index is 1090. The molecule has 3 aromatic rings. The summed E-state index contributed by atoms with van der Waals surface area (Å²) in [4.78, 5) is 12.9. The van der Waals surface area contributed by atoms with E-state index >= 15 is 4.57 Å². The van der Waals surface area contributed by atoms with Gasteiger partial charge in [0.2, 0.25) is 7.29 Å². The summed E-state index contributed by atoms with van der Waals surface area (Å²) in [5, 5.41) is 9.02. The molecule has 182 valence electrons. The third kappa shape index (κ3) is 6.27. The van der Waals surface area contributed by atoms with E-state index in [-0.39, 0.29) is 12.4 Å². The summed E-state index contributed by atoms with van der Waals surface area (Å²) < 4.78 is 20.6. The predicted molar refractivity (Wildman–Crippen MR) is 144 cm³/mol. The first-order valence-electron chi connectivity index (χ1n) is 11.8. The van der Waals surface area contributed by atoms with Gasteiger partial charge in [0.15, 0.2) is 0 Å². The summed E-state index contributed by atoms with van der Waals surface area (Å²) in [6, 6.07) is 14.1. The monoisotopic (exact) mass is 497 g/mol. The molecule has 0 saturated carbocycles. The first kappa shape index (κ1) is 26.4. The first-order chi connectivity index (χ1) is 16.1. The summed E-state index contributed by atoms with van der Waals surface area (Å²) >= 11 is 1.56. The van der Waals surface area contributed by atoms with Crippen LogP contribution in [0, 0.1) is 27.7 Å². The molecule has 0 radical (unpaired) electrons. The predicted octanol–water partition coefficient (Wildman–Crippen LogP) is 6.45. The Morgan fingerprint density at radius 3 is 1.94 bits per heavy atom. The number of carbonyl (C=O) groups is 1. The van der Waals surface area contributed by atoms with E-state index in [9.17, 15) is 4.79 Å². The Morgan fingerprint density at radius 1 is 0.971 bits per heavy atom. The van der Waals surface area contributed by atoms with Crippen molar-refractivity contribution in [1.29, 1.82) is 0 Å². The zero-order valence-corrected chi connectivity index (χ0v) is 22.8. The molecule has 6 heteroatoms. The topological polar surface area (TPSA) is 55.4 Å². The fraction of sp³-hybridized carbons (Fsp3) is 0.393. The van der Waals surface area contributed by atoms with Crippen LogP contribution in [0.3, 0.4) is 0 Å². The van der Waals surface area contributed by atoms with Crippen LogP contribution in [0.15, 0.2) is 53.2 Å². The summed E-state index contributed by atoms with van der Waals surface area (Å²) in [6.45, 7) is 12.5. The van der Waals surface area contributed by atoms with Gasteiger partial charge in [-0.1, -0.05) is 47.7 Å².